The third-order valence-corrected chi connectivity index (χ3v) is 2.22. The van der Waals surface area contributed by atoms with Gasteiger partial charge in [0.1, 0.15) is 0 Å². The van der Waals surface area contributed by atoms with Gasteiger partial charge in [-0.15, -0.1) is 0 Å². The second-order valence-corrected chi connectivity index (χ2v) is 3.40. The molecule has 0 radical (unpaired) electrons. The molecule has 0 aromatic heterocycles. The molecule has 0 spiro atoms. The molecule has 1 unspecified atom stereocenters. The maximum atomic E-state index is 11.2. The van der Waals surface area contributed by atoms with Gasteiger partial charge in [0, 0.05) is 26.8 Å². The van der Waals surface area contributed by atoms with E-state index in [4.69, 9.17) is 4.74 Å². The molecule has 76 valence electrons. The molecule has 0 saturated carbocycles. The molecule has 1 fully saturated rings. The number of amides is 1. The maximum Gasteiger partial charge on any atom is 0.225 e. The predicted molar refractivity (Wildman–Crippen MR) is 48.3 cm³/mol. The lowest BCUT2D eigenvalue weighted by Gasteiger charge is -2.14. The van der Waals surface area contributed by atoms with Crippen LogP contribution in [0.3, 0.4) is 0 Å². The van der Waals surface area contributed by atoms with E-state index in [9.17, 15) is 9.90 Å². The molecule has 1 heterocycles. The second kappa shape index (κ2) is 5.19. The number of likely N-dealkylation sites (tertiary alicyclic amines) is 1. The van der Waals surface area contributed by atoms with Gasteiger partial charge in [0.2, 0.25) is 5.91 Å². The molecule has 1 rings (SSSR count). The molecule has 1 N–H and O–H groups in total. The van der Waals surface area contributed by atoms with Crippen LogP contribution in [0.2, 0.25) is 0 Å². The van der Waals surface area contributed by atoms with Gasteiger partial charge >= 0.3 is 0 Å². The Balaban J connectivity index is 2.11. The number of hydrogen-bond donors (Lipinski definition) is 1. The molecule has 0 bridgehead atoms. The van der Waals surface area contributed by atoms with Crippen LogP contribution in [0, 0.1) is 0 Å². The highest BCUT2D eigenvalue weighted by molar-refractivity contribution is 5.78. The van der Waals surface area contributed by atoms with Crippen molar-refractivity contribution in [1.82, 2.24) is 4.90 Å². The largest absolute Gasteiger partial charge is 0.391 e. The topological polar surface area (TPSA) is 49.8 Å². The van der Waals surface area contributed by atoms with Gasteiger partial charge in [-0.05, 0) is 12.8 Å². The van der Waals surface area contributed by atoms with E-state index >= 15 is 0 Å². The minimum atomic E-state index is -0.449. The highest BCUT2D eigenvalue weighted by Gasteiger charge is 2.26. The van der Waals surface area contributed by atoms with Gasteiger partial charge in [-0.3, -0.25) is 4.79 Å². The fourth-order valence-electron chi connectivity index (χ4n) is 1.52. The summed E-state index contributed by atoms with van der Waals surface area (Å²) in [4.78, 5) is 12.9. The minimum absolute atomic E-state index is 0.0740. The number of rotatable bonds is 5. The zero-order valence-corrected chi connectivity index (χ0v) is 8.03. The van der Waals surface area contributed by atoms with E-state index in [0.717, 1.165) is 26.0 Å². The zero-order chi connectivity index (χ0) is 9.68. The third-order valence-electron chi connectivity index (χ3n) is 2.22. The summed E-state index contributed by atoms with van der Waals surface area (Å²) >= 11 is 0. The number of methoxy groups -OCH3 is 1. The van der Waals surface area contributed by atoms with Crippen LogP contribution in [-0.2, 0) is 9.53 Å². The lowest BCUT2D eigenvalue weighted by molar-refractivity contribution is -0.127. The number of ether oxygens (including phenoxy) is 1. The Labute approximate surface area is 78.5 Å². The number of unbranched alkanes of at least 4 members (excludes halogenated alkanes) is 1. The van der Waals surface area contributed by atoms with Crippen LogP contribution in [0.4, 0.5) is 0 Å². The van der Waals surface area contributed by atoms with E-state index in [0.29, 0.717) is 13.0 Å². The van der Waals surface area contributed by atoms with Crippen molar-refractivity contribution in [2.24, 2.45) is 0 Å². The Morgan fingerprint density at radius 1 is 1.62 bits per heavy atom. The molecule has 1 aliphatic rings. The fourth-order valence-corrected chi connectivity index (χ4v) is 1.52. The molecule has 1 saturated heterocycles. The quantitative estimate of drug-likeness (QED) is 0.617. The zero-order valence-electron chi connectivity index (χ0n) is 8.03. The van der Waals surface area contributed by atoms with E-state index in [1.807, 2.05) is 0 Å². The Kier molecular flexibility index (Phi) is 4.18. The van der Waals surface area contributed by atoms with Crippen molar-refractivity contribution in [3.05, 3.63) is 0 Å². The van der Waals surface area contributed by atoms with Crippen LogP contribution in [-0.4, -0.2) is 48.8 Å². The van der Waals surface area contributed by atoms with Crippen molar-refractivity contribution < 1.29 is 14.6 Å². The molecular formula is C9H17NO3. The number of aliphatic hydroxyl groups excluding tert-OH is 1. The van der Waals surface area contributed by atoms with Gasteiger partial charge < -0.3 is 14.7 Å². The molecule has 0 aromatic carbocycles. The van der Waals surface area contributed by atoms with Crippen molar-refractivity contribution in [3.63, 3.8) is 0 Å². The van der Waals surface area contributed by atoms with Gasteiger partial charge in [-0.2, -0.15) is 0 Å². The first kappa shape index (κ1) is 10.5. The average molecular weight is 187 g/mol. The van der Waals surface area contributed by atoms with Crippen molar-refractivity contribution in [1.29, 1.82) is 0 Å². The minimum Gasteiger partial charge on any atom is -0.391 e. The molecule has 1 amide bonds. The highest BCUT2D eigenvalue weighted by atomic mass is 16.5. The number of β-amino-alcohol motifs (C(OH)–C–C–N with tert-alkyl or cyclic N) is 1. The summed E-state index contributed by atoms with van der Waals surface area (Å²) in [6, 6.07) is 0. The highest BCUT2D eigenvalue weighted by Crippen LogP contribution is 2.11. The van der Waals surface area contributed by atoms with E-state index in [-0.39, 0.29) is 5.91 Å². The SMILES string of the molecule is COCCCCN1CC(O)CC1=O. The number of carbonyl (C=O) groups excluding carboxylic acids is 1. The van der Waals surface area contributed by atoms with E-state index in [1.54, 1.807) is 12.0 Å². The Bertz CT molecular complexity index is 172. The lowest BCUT2D eigenvalue weighted by Crippen LogP contribution is -2.27. The summed E-state index contributed by atoms with van der Waals surface area (Å²) in [5.74, 6) is 0.0740. The monoisotopic (exact) mass is 187 g/mol. The number of aliphatic hydroxyl groups is 1. The van der Waals surface area contributed by atoms with Crippen LogP contribution < -0.4 is 0 Å². The smallest absolute Gasteiger partial charge is 0.225 e. The summed E-state index contributed by atoms with van der Waals surface area (Å²) in [7, 11) is 1.67. The maximum absolute atomic E-state index is 11.2. The van der Waals surface area contributed by atoms with Crippen LogP contribution in [0.15, 0.2) is 0 Å². The van der Waals surface area contributed by atoms with Gasteiger partial charge in [0.15, 0.2) is 0 Å². The summed E-state index contributed by atoms with van der Waals surface area (Å²) in [6.07, 6.45) is 1.77. The Morgan fingerprint density at radius 3 is 2.92 bits per heavy atom. The van der Waals surface area contributed by atoms with Crippen LogP contribution in [0.1, 0.15) is 19.3 Å². The van der Waals surface area contributed by atoms with Crippen LogP contribution in [0.5, 0.6) is 0 Å². The summed E-state index contributed by atoms with van der Waals surface area (Å²) < 4.78 is 4.90. The molecule has 1 aliphatic heterocycles. The van der Waals surface area contributed by atoms with Crippen LogP contribution >= 0.6 is 0 Å². The number of carbonyl (C=O) groups is 1. The van der Waals surface area contributed by atoms with Gasteiger partial charge in [-0.1, -0.05) is 0 Å². The molecule has 4 nitrogen and oxygen atoms in total. The van der Waals surface area contributed by atoms with Crippen LogP contribution in [0.25, 0.3) is 0 Å². The van der Waals surface area contributed by atoms with Gasteiger partial charge in [-0.25, -0.2) is 0 Å². The predicted octanol–water partition coefficient (Wildman–Crippen LogP) is 0.00620. The molecule has 0 aromatic rings. The van der Waals surface area contributed by atoms with Crippen molar-refractivity contribution in [2.45, 2.75) is 25.4 Å². The van der Waals surface area contributed by atoms with Gasteiger partial charge in [0.25, 0.3) is 0 Å². The molecule has 4 heteroatoms. The van der Waals surface area contributed by atoms with E-state index < -0.39 is 6.10 Å². The number of nitrogens with zero attached hydrogens (tertiary/aromatic N) is 1. The van der Waals surface area contributed by atoms with Crippen molar-refractivity contribution in [3.8, 4) is 0 Å². The lowest BCUT2D eigenvalue weighted by atomic mass is 10.3. The first-order valence-electron chi connectivity index (χ1n) is 4.69. The van der Waals surface area contributed by atoms with Crippen molar-refractivity contribution >= 4 is 5.91 Å². The number of hydrogen-bond acceptors (Lipinski definition) is 3. The molecule has 13 heavy (non-hydrogen) atoms. The normalized spacial score (nSPS) is 22.8. The summed E-state index contributed by atoms with van der Waals surface area (Å²) in [5, 5.41) is 9.19. The molecular weight excluding hydrogens is 170 g/mol. The van der Waals surface area contributed by atoms with E-state index in [2.05, 4.69) is 0 Å². The second-order valence-electron chi connectivity index (χ2n) is 3.40. The molecule has 0 aliphatic carbocycles. The molecule has 1 atom stereocenters. The third kappa shape index (κ3) is 3.32. The standard InChI is InChI=1S/C9H17NO3/c1-13-5-3-2-4-10-7-8(11)6-9(10)12/h8,11H,2-7H2,1H3. The summed E-state index contributed by atoms with van der Waals surface area (Å²) in [6.45, 7) is 2.00. The first-order valence-corrected chi connectivity index (χ1v) is 4.69. The first-order chi connectivity index (χ1) is 6.24. The fraction of sp³-hybridized carbons (Fsp3) is 0.889. The van der Waals surface area contributed by atoms with Gasteiger partial charge in [0.05, 0.1) is 12.5 Å². The average Bonchev–Trinajstić information content (AvgIpc) is 2.39. The Morgan fingerprint density at radius 2 is 2.38 bits per heavy atom. The van der Waals surface area contributed by atoms with E-state index in [1.165, 1.54) is 0 Å². The summed E-state index contributed by atoms with van der Waals surface area (Å²) in [5.41, 5.74) is 0. The Hall–Kier alpha value is -0.610. The van der Waals surface area contributed by atoms with Crippen molar-refractivity contribution in [2.75, 3.05) is 26.8 Å².